The van der Waals surface area contributed by atoms with E-state index >= 15 is 0 Å². The molecule has 1 fully saturated rings. The minimum atomic E-state index is -0.477. The Hall–Kier alpha value is -2.80. The van der Waals surface area contributed by atoms with Crippen molar-refractivity contribution >= 4 is 16.8 Å². The molecule has 3 aromatic rings. The fourth-order valence-corrected chi connectivity index (χ4v) is 4.79. The second-order valence-corrected chi connectivity index (χ2v) is 8.75. The summed E-state index contributed by atoms with van der Waals surface area (Å²) in [7, 11) is 0. The molecule has 32 heavy (non-hydrogen) atoms. The van der Waals surface area contributed by atoms with Crippen molar-refractivity contribution in [2.24, 2.45) is 0 Å². The molecule has 5 rings (SSSR count). The lowest BCUT2D eigenvalue weighted by molar-refractivity contribution is 0.00919. The number of aliphatic hydroxyl groups is 1. The van der Waals surface area contributed by atoms with E-state index in [0.29, 0.717) is 38.4 Å². The van der Waals surface area contributed by atoms with Gasteiger partial charge in [0.25, 0.3) is 5.91 Å². The molecule has 1 amide bonds. The average molecular weight is 432 g/mol. The van der Waals surface area contributed by atoms with Crippen LogP contribution in [0.3, 0.4) is 0 Å². The first-order valence-electron chi connectivity index (χ1n) is 11.3. The van der Waals surface area contributed by atoms with Crippen LogP contribution in [0.1, 0.15) is 34.1 Å². The largest absolute Gasteiger partial charge is 0.379 e. The average Bonchev–Trinajstić information content (AvgIpc) is 2.82. The van der Waals surface area contributed by atoms with E-state index in [4.69, 9.17) is 9.72 Å². The molecule has 6 nitrogen and oxygen atoms in total. The van der Waals surface area contributed by atoms with Gasteiger partial charge in [-0.1, -0.05) is 18.2 Å². The fourth-order valence-electron chi connectivity index (χ4n) is 4.79. The Kier molecular flexibility index (Phi) is 5.67. The number of aromatic nitrogens is 1. The van der Waals surface area contributed by atoms with Gasteiger partial charge in [-0.2, -0.15) is 0 Å². The SMILES string of the molecule is Cc1ccc2c(-c3ccc4c(c3)CN(C(C)O)CC4)c(C(=O)N3CCOCC3)ccc2n1. The number of aliphatic hydroxyl groups excluding tert-OH is 1. The van der Waals surface area contributed by atoms with Gasteiger partial charge in [0.15, 0.2) is 0 Å². The summed E-state index contributed by atoms with van der Waals surface area (Å²) in [5.74, 6) is 0.0362. The van der Waals surface area contributed by atoms with Crippen LogP contribution in [0.15, 0.2) is 42.5 Å². The van der Waals surface area contributed by atoms with E-state index in [9.17, 15) is 9.90 Å². The summed E-state index contributed by atoms with van der Waals surface area (Å²) in [5.41, 5.74) is 7.01. The zero-order chi connectivity index (χ0) is 22.2. The number of carbonyl (C=O) groups is 1. The number of rotatable bonds is 3. The number of morpholine rings is 1. The lowest BCUT2D eigenvalue weighted by atomic mass is 9.90. The fraction of sp³-hybridized carbons (Fsp3) is 0.385. The van der Waals surface area contributed by atoms with Gasteiger partial charge in [-0.3, -0.25) is 14.7 Å². The number of carbonyl (C=O) groups excluding carboxylic acids is 1. The highest BCUT2D eigenvalue weighted by molar-refractivity contribution is 6.09. The van der Waals surface area contributed by atoms with Gasteiger partial charge in [0, 0.05) is 48.4 Å². The summed E-state index contributed by atoms with van der Waals surface area (Å²) in [6, 6.07) is 14.4. The molecular weight excluding hydrogens is 402 g/mol. The van der Waals surface area contributed by atoms with Crippen molar-refractivity contribution < 1.29 is 14.6 Å². The van der Waals surface area contributed by atoms with E-state index in [1.165, 1.54) is 11.1 Å². The van der Waals surface area contributed by atoms with Gasteiger partial charge in [-0.15, -0.1) is 0 Å². The maximum absolute atomic E-state index is 13.5. The first-order valence-corrected chi connectivity index (χ1v) is 11.3. The third-order valence-corrected chi connectivity index (χ3v) is 6.60. The Bertz CT molecular complexity index is 1170. The number of nitrogens with zero attached hydrogens (tertiary/aromatic N) is 3. The molecule has 0 aliphatic carbocycles. The van der Waals surface area contributed by atoms with Crippen LogP contribution in [0.4, 0.5) is 0 Å². The maximum atomic E-state index is 13.5. The minimum absolute atomic E-state index is 0.0362. The van der Waals surface area contributed by atoms with Gasteiger partial charge in [0.2, 0.25) is 0 Å². The Morgan fingerprint density at radius 2 is 1.88 bits per heavy atom. The number of hydrogen-bond donors (Lipinski definition) is 1. The van der Waals surface area contributed by atoms with Crippen molar-refractivity contribution in [1.29, 1.82) is 0 Å². The first-order chi connectivity index (χ1) is 15.5. The van der Waals surface area contributed by atoms with Crippen molar-refractivity contribution in [2.45, 2.75) is 33.0 Å². The Morgan fingerprint density at radius 1 is 1.06 bits per heavy atom. The predicted octanol–water partition coefficient (Wildman–Crippen LogP) is 3.38. The quantitative estimate of drug-likeness (QED) is 0.689. The van der Waals surface area contributed by atoms with Crippen molar-refractivity contribution in [2.75, 3.05) is 32.8 Å². The van der Waals surface area contributed by atoms with Crippen LogP contribution < -0.4 is 0 Å². The maximum Gasteiger partial charge on any atom is 0.254 e. The molecule has 0 saturated carbocycles. The van der Waals surface area contributed by atoms with Crippen LogP contribution in [-0.2, 0) is 17.7 Å². The van der Waals surface area contributed by atoms with Gasteiger partial charge >= 0.3 is 0 Å². The summed E-state index contributed by atoms with van der Waals surface area (Å²) in [6.07, 6.45) is 0.436. The van der Waals surface area contributed by atoms with Crippen LogP contribution in [0.2, 0.25) is 0 Å². The molecule has 0 spiro atoms. The van der Waals surface area contributed by atoms with Gasteiger partial charge in [0.1, 0.15) is 6.23 Å². The summed E-state index contributed by atoms with van der Waals surface area (Å²) in [4.78, 5) is 22.2. The van der Waals surface area contributed by atoms with Crippen molar-refractivity contribution in [3.8, 4) is 11.1 Å². The van der Waals surface area contributed by atoms with E-state index in [1.807, 2.05) is 36.9 Å². The second kappa shape index (κ2) is 8.62. The van der Waals surface area contributed by atoms with E-state index in [1.54, 1.807) is 0 Å². The van der Waals surface area contributed by atoms with Crippen LogP contribution in [0, 0.1) is 6.92 Å². The van der Waals surface area contributed by atoms with Crippen molar-refractivity contribution in [1.82, 2.24) is 14.8 Å². The molecule has 166 valence electrons. The van der Waals surface area contributed by atoms with Gasteiger partial charge in [-0.25, -0.2) is 0 Å². The van der Waals surface area contributed by atoms with Crippen LogP contribution in [-0.4, -0.2) is 64.9 Å². The highest BCUT2D eigenvalue weighted by Gasteiger charge is 2.25. The summed E-state index contributed by atoms with van der Waals surface area (Å²) < 4.78 is 5.45. The predicted molar refractivity (Wildman–Crippen MR) is 124 cm³/mol. The second-order valence-electron chi connectivity index (χ2n) is 8.75. The lowest BCUT2D eigenvalue weighted by Gasteiger charge is -2.31. The van der Waals surface area contributed by atoms with Crippen molar-refractivity contribution in [3.05, 3.63) is 64.8 Å². The molecule has 2 aromatic carbocycles. The third kappa shape index (κ3) is 3.90. The Morgan fingerprint density at radius 3 is 2.66 bits per heavy atom. The summed E-state index contributed by atoms with van der Waals surface area (Å²) >= 11 is 0. The highest BCUT2D eigenvalue weighted by Crippen LogP contribution is 2.35. The molecule has 1 saturated heterocycles. The van der Waals surface area contributed by atoms with E-state index < -0.39 is 6.23 Å². The molecule has 2 aliphatic rings. The zero-order valence-corrected chi connectivity index (χ0v) is 18.7. The molecule has 0 bridgehead atoms. The number of fused-ring (bicyclic) bond motifs is 2. The molecule has 3 heterocycles. The van der Waals surface area contributed by atoms with Crippen molar-refractivity contribution in [3.63, 3.8) is 0 Å². The van der Waals surface area contributed by atoms with E-state index in [-0.39, 0.29) is 5.91 Å². The third-order valence-electron chi connectivity index (χ3n) is 6.60. The van der Waals surface area contributed by atoms with Crippen LogP contribution in [0.5, 0.6) is 0 Å². The molecule has 1 unspecified atom stereocenters. The molecule has 1 atom stereocenters. The molecular formula is C26H29N3O3. The molecule has 1 N–H and O–H groups in total. The minimum Gasteiger partial charge on any atom is -0.379 e. The molecule has 6 heteroatoms. The number of amides is 1. The van der Waals surface area contributed by atoms with Gasteiger partial charge in [0.05, 0.1) is 18.7 Å². The van der Waals surface area contributed by atoms with Crippen LogP contribution >= 0.6 is 0 Å². The normalized spacial score (nSPS) is 17.9. The number of benzene rings is 2. The topological polar surface area (TPSA) is 65.9 Å². The molecule has 1 aromatic heterocycles. The number of hydrogen-bond acceptors (Lipinski definition) is 5. The standard InChI is InChI=1S/C26H29N3O3/c1-17-3-6-22-24(27-17)8-7-23(26(31)28-11-13-32-14-12-28)25(22)20-5-4-19-9-10-29(18(2)30)16-21(19)15-20/h3-8,15,18,30H,9-14,16H2,1-2H3. The summed E-state index contributed by atoms with van der Waals surface area (Å²) in [5, 5.41) is 11.1. The highest BCUT2D eigenvalue weighted by atomic mass is 16.5. The lowest BCUT2D eigenvalue weighted by Crippen LogP contribution is -2.40. The smallest absolute Gasteiger partial charge is 0.254 e. The molecule has 0 radical (unpaired) electrons. The summed E-state index contributed by atoms with van der Waals surface area (Å²) in [6.45, 7) is 7.71. The van der Waals surface area contributed by atoms with Gasteiger partial charge in [-0.05, 0) is 61.2 Å². The zero-order valence-electron chi connectivity index (χ0n) is 18.7. The molecule has 2 aliphatic heterocycles. The van der Waals surface area contributed by atoms with E-state index in [2.05, 4.69) is 29.2 Å². The first kappa shape index (κ1) is 21.1. The monoisotopic (exact) mass is 431 g/mol. The van der Waals surface area contributed by atoms with Crippen LogP contribution in [0.25, 0.3) is 22.0 Å². The van der Waals surface area contributed by atoms with E-state index in [0.717, 1.165) is 40.7 Å². The number of pyridine rings is 1. The Labute approximate surface area is 188 Å². The Balaban J connectivity index is 1.65. The van der Waals surface area contributed by atoms with Gasteiger partial charge < -0.3 is 14.7 Å². The number of ether oxygens (including phenoxy) is 1. The number of aryl methyl sites for hydroxylation is 1.